The molecule has 1 aliphatic rings. The number of benzene rings is 2. The normalized spacial score (nSPS) is 12.9. The van der Waals surface area contributed by atoms with Gasteiger partial charge in [0.25, 0.3) is 5.91 Å². The van der Waals surface area contributed by atoms with E-state index in [9.17, 15) is 13.6 Å². The minimum atomic E-state index is -0.731. The molecule has 0 aliphatic carbocycles. The molecule has 7 heteroatoms. The first-order valence-electron chi connectivity index (χ1n) is 6.41. The Morgan fingerprint density at radius 1 is 1.14 bits per heavy atom. The predicted octanol–water partition coefficient (Wildman–Crippen LogP) is 3.59. The van der Waals surface area contributed by atoms with Gasteiger partial charge in [-0.05, 0) is 46.9 Å². The molecule has 0 bridgehead atoms. The molecule has 0 saturated heterocycles. The fraction of sp³-hybridized carbons (Fsp3) is 0.133. The Labute approximate surface area is 138 Å². The van der Waals surface area contributed by atoms with Crippen molar-refractivity contribution in [2.45, 2.75) is 0 Å². The van der Waals surface area contributed by atoms with E-state index >= 15 is 0 Å². The number of carbonyl (C=O) groups excluding carboxylic acids is 1. The Balaban J connectivity index is 1.89. The van der Waals surface area contributed by atoms with Gasteiger partial charge in [-0.15, -0.1) is 0 Å². The second-order valence-electron chi connectivity index (χ2n) is 4.54. The molecule has 0 unspecified atom stereocenters. The minimum absolute atomic E-state index is 0.0368. The molecule has 0 radical (unpaired) electrons. The second kappa shape index (κ2) is 6.07. The van der Waals surface area contributed by atoms with Gasteiger partial charge in [-0.1, -0.05) is 6.07 Å². The molecule has 22 heavy (non-hydrogen) atoms. The van der Waals surface area contributed by atoms with Gasteiger partial charge in [-0.2, -0.15) is 0 Å². The number of hydrogen-bond donors (Lipinski definition) is 1. The Morgan fingerprint density at radius 3 is 2.55 bits per heavy atom. The summed E-state index contributed by atoms with van der Waals surface area (Å²) >= 11 is 1.56. The summed E-state index contributed by atoms with van der Waals surface area (Å²) in [5, 5.41) is 2.46. The summed E-state index contributed by atoms with van der Waals surface area (Å²) in [7, 11) is 0. The predicted molar refractivity (Wildman–Crippen MR) is 84.5 cm³/mol. The molecule has 0 aromatic heterocycles. The molecule has 1 aliphatic heterocycles. The van der Waals surface area contributed by atoms with E-state index in [1.807, 2.05) is 0 Å². The summed E-state index contributed by atoms with van der Waals surface area (Å²) in [6.45, 7) is 0.746. The molecule has 0 atom stereocenters. The highest BCUT2D eigenvalue weighted by Gasteiger charge is 2.21. The second-order valence-corrected chi connectivity index (χ2v) is 5.62. The molecule has 4 nitrogen and oxygen atoms in total. The summed E-state index contributed by atoms with van der Waals surface area (Å²) in [5.74, 6) is -1.19. The molecule has 1 N–H and O–H groups in total. The maximum absolute atomic E-state index is 13.5. The van der Waals surface area contributed by atoms with Crippen molar-refractivity contribution in [3.05, 3.63) is 51.1 Å². The lowest BCUT2D eigenvalue weighted by Crippen LogP contribution is -2.20. The van der Waals surface area contributed by atoms with Gasteiger partial charge < -0.3 is 14.8 Å². The number of para-hydroxylation sites is 1. The molecule has 0 fully saturated rings. The van der Waals surface area contributed by atoms with Crippen molar-refractivity contribution in [3.63, 3.8) is 0 Å². The average Bonchev–Trinajstić information content (AvgIpc) is 2.52. The van der Waals surface area contributed by atoms with Crippen molar-refractivity contribution in [1.29, 1.82) is 0 Å². The van der Waals surface area contributed by atoms with Crippen LogP contribution in [-0.2, 0) is 0 Å². The van der Waals surface area contributed by atoms with E-state index in [0.29, 0.717) is 24.7 Å². The van der Waals surface area contributed by atoms with Crippen LogP contribution in [0.1, 0.15) is 10.4 Å². The molecule has 0 saturated carbocycles. The number of halogens is 3. The van der Waals surface area contributed by atoms with Crippen molar-refractivity contribution >= 4 is 34.2 Å². The van der Waals surface area contributed by atoms with Crippen molar-refractivity contribution in [2.24, 2.45) is 0 Å². The van der Waals surface area contributed by atoms with E-state index in [1.165, 1.54) is 0 Å². The average molecular weight is 417 g/mol. The monoisotopic (exact) mass is 417 g/mol. The smallest absolute Gasteiger partial charge is 0.259 e. The lowest BCUT2D eigenvalue weighted by Gasteiger charge is -2.20. The molecule has 3 rings (SSSR count). The Bertz CT molecular complexity index is 729. The topological polar surface area (TPSA) is 47.6 Å². The summed E-state index contributed by atoms with van der Waals surface area (Å²) in [6.07, 6.45) is 0. The number of hydrogen-bond acceptors (Lipinski definition) is 3. The van der Waals surface area contributed by atoms with Crippen LogP contribution in [0.4, 0.5) is 14.5 Å². The molecule has 1 heterocycles. The summed E-state index contributed by atoms with van der Waals surface area (Å²) in [5.41, 5.74) is 0.284. The molecule has 2 aromatic carbocycles. The third-order valence-corrected chi connectivity index (χ3v) is 4.08. The van der Waals surface area contributed by atoms with Crippen molar-refractivity contribution < 1.29 is 23.0 Å². The first-order valence-corrected chi connectivity index (χ1v) is 7.48. The maximum Gasteiger partial charge on any atom is 0.259 e. The van der Waals surface area contributed by atoms with E-state index in [4.69, 9.17) is 9.47 Å². The molecule has 1 amide bonds. The first kappa shape index (κ1) is 15.0. The fourth-order valence-corrected chi connectivity index (χ4v) is 2.39. The van der Waals surface area contributed by atoms with E-state index in [1.54, 1.807) is 40.8 Å². The molecule has 0 spiro atoms. The van der Waals surface area contributed by atoms with Crippen LogP contribution in [0.25, 0.3) is 0 Å². The number of rotatable bonds is 2. The van der Waals surface area contributed by atoms with Crippen molar-refractivity contribution in [1.82, 2.24) is 0 Å². The van der Waals surface area contributed by atoms with Gasteiger partial charge >= 0.3 is 0 Å². The van der Waals surface area contributed by atoms with Crippen LogP contribution in [-0.4, -0.2) is 19.1 Å². The minimum Gasteiger partial charge on any atom is -0.486 e. The van der Waals surface area contributed by atoms with Crippen LogP contribution in [0.3, 0.4) is 0 Å². The highest BCUT2D eigenvalue weighted by atomic mass is 127. The molecule has 2 aromatic rings. The number of nitrogens with one attached hydrogen (secondary N) is 1. The highest BCUT2D eigenvalue weighted by molar-refractivity contribution is 14.1. The standard InChI is InChI=1S/C15H10F2INO3/c16-10-6-8(7-11(17)13(10)18)19-15(20)9-2-1-3-12-14(9)22-5-4-21-12/h1-3,6-7H,4-5H2,(H,19,20). The van der Waals surface area contributed by atoms with E-state index in [0.717, 1.165) is 12.1 Å². The Morgan fingerprint density at radius 2 is 1.82 bits per heavy atom. The lowest BCUT2D eigenvalue weighted by molar-refractivity contribution is 0.101. The highest BCUT2D eigenvalue weighted by Crippen LogP contribution is 2.34. The zero-order valence-corrected chi connectivity index (χ0v) is 13.3. The molecular formula is C15H10F2INO3. The number of ether oxygens (including phenoxy) is 2. The van der Waals surface area contributed by atoms with Gasteiger partial charge in [0.15, 0.2) is 11.5 Å². The van der Waals surface area contributed by atoms with Crippen molar-refractivity contribution in [2.75, 3.05) is 18.5 Å². The van der Waals surface area contributed by atoms with Crippen LogP contribution in [0.2, 0.25) is 0 Å². The third kappa shape index (κ3) is 2.85. The van der Waals surface area contributed by atoms with E-state index < -0.39 is 17.5 Å². The molecular weight excluding hydrogens is 407 g/mol. The van der Waals surface area contributed by atoms with Crippen molar-refractivity contribution in [3.8, 4) is 11.5 Å². The summed E-state index contributed by atoms with van der Waals surface area (Å²) < 4.78 is 37.8. The third-order valence-electron chi connectivity index (χ3n) is 3.05. The van der Waals surface area contributed by atoms with Gasteiger partial charge in [-0.3, -0.25) is 4.79 Å². The molecule has 114 valence electrons. The Hall–Kier alpha value is -1.90. The summed E-state index contributed by atoms with van der Waals surface area (Å²) in [6, 6.07) is 7.03. The largest absolute Gasteiger partial charge is 0.486 e. The number of carbonyl (C=O) groups is 1. The SMILES string of the molecule is O=C(Nc1cc(F)c(I)c(F)c1)c1cccc2c1OCCO2. The number of amides is 1. The maximum atomic E-state index is 13.5. The zero-order valence-electron chi connectivity index (χ0n) is 11.2. The van der Waals surface area contributed by atoms with Crippen LogP contribution >= 0.6 is 22.6 Å². The van der Waals surface area contributed by atoms with Crippen LogP contribution in [0, 0.1) is 15.2 Å². The Kier molecular flexibility index (Phi) is 4.14. The van der Waals surface area contributed by atoms with Crippen LogP contribution < -0.4 is 14.8 Å². The number of fused-ring (bicyclic) bond motifs is 1. The fourth-order valence-electron chi connectivity index (χ4n) is 2.08. The lowest BCUT2D eigenvalue weighted by atomic mass is 10.1. The van der Waals surface area contributed by atoms with Gasteiger partial charge in [0.2, 0.25) is 0 Å². The van der Waals surface area contributed by atoms with Gasteiger partial charge in [0, 0.05) is 5.69 Å². The number of anilines is 1. The first-order chi connectivity index (χ1) is 10.6. The van der Waals surface area contributed by atoms with Gasteiger partial charge in [0.1, 0.15) is 24.8 Å². The summed E-state index contributed by atoms with van der Waals surface area (Å²) in [4.78, 5) is 12.3. The van der Waals surface area contributed by atoms with Gasteiger partial charge in [0.05, 0.1) is 9.13 Å². The van der Waals surface area contributed by atoms with Crippen LogP contribution in [0.15, 0.2) is 30.3 Å². The van der Waals surface area contributed by atoms with Gasteiger partial charge in [-0.25, -0.2) is 8.78 Å². The van der Waals surface area contributed by atoms with E-state index in [2.05, 4.69) is 5.32 Å². The van der Waals surface area contributed by atoms with Crippen LogP contribution in [0.5, 0.6) is 11.5 Å². The zero-order chi connectivity index (χ0) is 15.7. The van der Waals surface area contributed by atoms with E-state index in [-0.39, 0.29) is 14.8 Å². The quantitative estimate of drug-likeness (QED) is 0.601.